The van der Waals surface area contributed by atoms with Gasteiger partial charge in [-0.05, 0) is 48.9 Å². The molecular weight excluding hydrogens is 448 g/mol. The fourth-order valence-corrected chi connectivity index (χ4v) is 3.08. The summed E-state index contributed by atoms with van der Waals surface area (Å²) in [5.41, 5.74) is 2.23. The maximum Gasteiger partial charge on any atom is 0.251 e. The Morgan fingerprint density at radius 2 is 1.93 bits per heavy atom. The lowest BCUT2D eigenvalue weighted by Gasteiger charge is -2.10. The number of imidazole rings is 1. The second-order valence-electron chi connectivity index (χ2n) is 6.78. The molecule has 0 saturated heterocycles. The van der Waals surface area contributed by atoms with E-state index in [9.17, 15) is 9.59 Å². The van der Waals surface area contributed by atoms with Crippen LogP contribution in [0.4, 0.5) is 5.69 Å². The maximum atomic E-state index is 12.3. The van der Waals surface area contributed by atoms with Crippen LogP contribution in [-0.2, 0) is 18.4 Å². The Kier molecular flexibility index (Phi) is 7.24. The normalized spacial score (nSPS) is 10.5. The van der Waals surface area contributed by atoms with Crippen molar-refractivity contribution in [2.75, 3.05) is 11.9 Å². The molecule has 0 spiro atoms. The molecule has 8 heteroatoms. The standard InChI is InChI=1S/C22H23BrN4O3/c1-15-3-6-17(23)13-19(15)26-21(28)9-10-25-22(29)16-4-7-18(8-5-16)30-14-20-24-11-12-27(20)2/h3-8,11-13H,9-10,14H2,1-2H3,(H,25,29)(H,26,28). The summed E-state index contributed by atoms with van der Waals surface area (Å²) >= 11 is 3.39. The summed E-state index contributed by atoms with van der Waals surface area (Å²) in [4.78, 5) is 28.6. The zero-order valence-electron chi connectivity index (χ0n) is 16.8. The van der Waals surface area contributed by atoms with Gasteiger partial charge in [-0.1, -0.05) is 22.0 Å². The van der Waals surface area contributed by atoms with Crippen molar-refractivity contribution in [2.45, 2.75) is 20.0 Å². The number of anilines is 1. The van der Waals surface area contributed by atoms with E-state index in [-0.39, 0.29) is 24.8 Å². The van der Waals surface area contributed by atoms with Gasteiger partial charge in [0.05, 0.1) is 0 Å². The number of carbonyl (C=O) groups is 2. The Morgan fingerprint density at radius 1 is 1.17 bits per heavy atom. The molecule has 2 aromatic carbocycles. The summed E-state index contributed by atoms with van der Waals surface area (Å²) in [6, 6.07) is 12.5. The average molecular weight is 471 g/mol. The number of ether oxygens (including phenoxy) is 1. The molecule has 2 amide bonds. The van der Waals surface area contributed by atoms with E-state index < -0.39 is 0 Å². The number of rotatable bonds is 8. The van der Waals surface area contributed by atoms with Gasteiger partial charge in [0.25, 0.3) is 5.91 Å². The fourth-order valence-electron chi connectivity index (χ4n) is 2.72. The molecule has 0 bridgehead atoms. The predicted octanol–water partition coefficient (Wildman–Crippen LogP) is 3.83. The molecule has 2 N–H and O–H groups in total. The molecule has 3 rings (SSSR count). The zero-order valence-corrected chi connectivity index (χ0v) is 18.4. The van der Waals surface area contributed by atoms with E-state index >= 15 is 0 Å². The highest BCUT2D eigenvalue weighted by Gasteiger charge is 2.09. The van der Waals surface area contributed by atoms with Crippen LogP contribution in [0.2, 0.25) is 0 Å². The van der Waals surface area contributed by atoms with Gasteiger partial charge in [-0.15, -0.1) is 0 Å². The lowest BCUT2D eigenvalue weighted by Crippen LogP contribution is -2.27. The average Bonchev–Trinajstić information content (AvgIpc) is 3.14. The largest absolute Gasteiger partial charge is 0.486 e. The van der Waals surface area contributed by atoms with Crippen molar-refractivity contribution in [3.05, 3.63) is 76.3 Å². The topological polar surface area (TPSA) is 85.2 Å². The smallest absolute Gasteiger partial charge is 0.251 e. The molecule has 1 heterocycles. The summed E-state index contributed by atoms with van der Waals surface area (Å²) in [6.07, 6.45) is 3.75. The van der Waals surface area contributed by atoms with Gasteiger partial charge < -0.3 is 19.9 Å². The van der Waals surface area contributed by atoms with E-state index in [1.165, 1.54) is 0 Å². The summed E-state index contributed by atoms with van der Waals surface area (Å²) in [6.45, 7) is 2.52. The van der Waals surface area contributed by atoms with E-state index in [0.717, 1.165) is 21.5 Å². The van der Waals surface area contributed by atoms with Crippen LogP contribution < -0.4 is 15.4 Å². The third-order valence-corrected chi connectivity index (χ3v) is 5.01. The van der Waals surface area contributed by atoms with Crippen LogP contribution in [0.25, 0.3) is 0 Å². The Morgan fingerprint density at radius 3 is 2.63 bits per heavy atom. The number of benzene rings is 2. The van der Waals surface area contributed by atoms with Gasteiger partial charge in [-0.3, -0.25) is 9.59 Å². The molecular formula is C22H23BrN4O3. The molecule has 156 valence electrons. The number of carbonyl (C=O) groups excluding carboxylic acids is 2. The van der Waals surface area contributed by atoms with Gasteiger partial charge in [0.15, 0.2) is 0 Å². The quantitative estimate of drug-likeness (QED) is 0.523. The molecule has 0 aliphatic rings. The van der Waals surface area contributed by atoms with E-state index in [4.69, 9.17) is 4.74 Å². The highest BCUT2D eigenvalue weighted by atomic mass is 79.9. The van der Waals surface area contributed by atoms with Crippen LogP contribution in [0.15, 0.2) is 59.3 Å². The molecule has 0 atom stereocenters. The molecule has 1 aromatic heterocycles. The second kappa shape index (κ2) is 10.1. The fraction of sp³-hybridized carbons (Fsp3) is 0.227. The minimum absolute atomic E-state index is 0.158. The van der Waals surface area contributed by atoms with Crippen molar-refractivity contribution >= 4 is 33.4 Å². The van der Waals surface area contributed by atoms with Gasteiger partial charge in [-0.25, -0.2) is 4.98 Å². The Bertz CT molecular complexity index is 1030. The molecule has 0 aliphatic heterocycles. The monoisotopic (exact) mass is 470 g/mol. The molecule has 30 heavy (non-hydrogen) atoms. The van der Waals surface area contributed by atoms with Gasteiger partial charge in [-0.2, -0.15) is 0 Å². The van der Waals surface area contributed by atoms with Crippen molar-refractivity contribution in [3.63, 3.8) is 0 Å². The van der Waals surface area contributed by atoms with Crippen LogP contribution in [0, 0.1) is 6.92 Å². The second-order valence-corrected chi connectivity index (χ2v) is 7.70. The minimum Gasteiger partial charge on any atom is -0.486 e. The van der Waals surface area contributed by atoms with Crippen LogP contribution in [0.3, 0.4) is 0 Å². The molecule has 0 saturated carbocycles. The number of aryl methyl sites for hydroxylation is 2. The number of hydrogen-bond acceptors (Lipinski definition) is 4. The van der Waals surface area contributed by atoms with Crippen molar-refractivity contribution in [1.29, 1.82) is 0 Å². The van der Waals surface area contributed by atoms with E-state index in [0.29, 0.717) is 17.9 Å². The molecule has 0 unspecified atom stereocenters. The van der Waals surface area contributed by atoms with Crippen LogP contribution in [0.1, 0.15) is 28.2 Å². The molecule has 0 aliphatic carbocycles. The first-order valence-corrected chi connectivity index (χ1v) is 10.2. The van der Waals surface area contributed by atoms with Crippen LogP contribution in [0.5, 0.6) is 5.75 Å². The molecule has 7 nitrogen and oxygen atoms in total. The van der Waals surface area contributed by atoms with E-state index in [1.807, 2.05) is 42.9 Å². The van der Waals surface area contributed by atoms with Crippen molar-refractivity contribution in [2.24, 2.45) is 7.05 Å². The summed E-state index contributed by atoms with van der Waals surface area (Å²) in [5.74, 6) is 1.07. The van der Waals surface area contributed by atoms with E-state index in [2.05, 4.69) is 31.5 Å². The van der Waals surface area contributed by atoms with Crippen LogP contribution >= 0.6 is 15.9 Å². The first-order valence-electron chi connectivity index (χ1n) is 9.45. The third-order valence-electron chi connectivity index (χ3n) is 4.52. The zero-order chi connectivity index (χ0) is 21.5. The molecule has 3 aromatic rings. The first-order chi connectivity index (χ1) is 14.4. The van der Waals surface area contributed by atoms with Gasteiger partial charge in [0, 0.05) is 48.1 Å². The molecule has 0 radical (unpaired) electrons. The lowest BCUT2D eigenvalue weighted by atomic mass is 10.2. The summed E-state index contributed by atoms with van der Waals surface area (Å²) < 4.78 is 8.46. The number of amides is 2. The van der Waals surface area contributed by atoms with Gasteiger partial charge >= 0.3 is 0 Å². The lowest BCUT2D eigenvalue weighted by molar-refractivity contribution is -0.116. The van der Waals surface area contributed by atoms with Crippen LogP contribution in [-0.4, -0.2) is 27.9 Å². The van der Waals surface area contributed by atoms with Crippen molar-refractivity contribution < 1.29 is 14.3 Å². The number of hydrogen-bond donors (Lipinski definition) is 2. The minimum atomic E-state index is -0.239. The van der Waals surface area contributed by atoms with Gasteiger partial charge in [0.2, 0.25) is 5.91 Å². The highest BCUT2D eigenvalue weighted by Crippen LogP contribution is 2.20. The number of halogens is 1. The predicted molar refractivity (Wildman–Crippen MR) is 118 cm³/mol. The summed E-state index contributed by atoms with van der Waals surface area (Å²) in [7, 11) is 1.90. The van der Waals surface area contributed by atoms with E-state index in [1.54, 1.807) is 30.5 Å². The number of aromatic nitrogens is 2. The first kappa shape index (κ1) is 21.6. The third kappa shape index (κ3) is 5.93. The Hall–Kier alpha value is -3.13. The number of nitrogens with one attached hydrogen (secondary N) is 2. The van der Waals surface area contributed by atoms with Crippen molar-refractivity contribution in [1.82, 2.24) is 14.9 Å². The van der Waals surface area contributed by atoms with Gasteiger partial charge in [0.1, 0.15) is 18.2 Å². The SMILES string of the molecule is Cc1ccc(Br)cc1NC(=O)CCNC(=O)c1ccc(OCc2nccn2C)cc1. The Labute approximate surface area is 183 Å². The number of nitrogens with zero attached hydrogens (tertiary/aromatic N) is 2. The Balaban J connectivity index is 1.43. The maximum absolute atomic E-state index is 12.3. The molecule has 0 fully saturated rings. The highest BCUT2D eigenvalue weighted by molar-refractivity contribution is 9.10. The van der Waals surface area contributed by atoms with Crippen molar-refractivity contribution in [3.8, 4) is 5.75 Å². The summed E-state index contributed by atoms with van der Waals surface area (Å²) in [5, 5.41) is 5.62.